The highest BCUT2D eigenvalue weighted by Gasteiger charge is 2.36. The highest BCUT2D eigenvalue weighted by atomic mass is 32.2. The Morgan fingerprint density at radius 3 is 2.22 bits per heavy atom. The normalized spacial score (nSPS) is 18.3. The molecule has 0 saturated carbocycles. The third-order valence-electron chi connectivity index (χ3n) is 6.59. The average molecular weight is 521 g/mol. The molecule has 1 N–H and O–H groups in total. The fourth-order valence-electron chi connectivity index (χ4n) is 4.82. The van der Waals surface area contributed by atoms with Crippen molar-refractivity contribution in [3.05, 3.63) is 70.8 Å². The van der Waals surface area contributed by atoms with E-state index in [-0.39, 0.29) is 47.1 Å². The van der Waals surface area contributed by atoms with E-state index in [9.17, 15) is 27.3 Å². The molecule has 36 heavy (non-hydrogen) atoms. The van der Waals surface area contributed by atoms with Crippen LogP contribution >= 0.6 is 0 Å². The predicted octanol–water partition coefficient (Wildman–Crippen LogP) is 6.18. The van der Waals surface area contributed by atoms with Gasteiger partial charge < -0.3 is 5.11 Å². The van der Waals surface area contributed by atoms with Crippen LogP contribution in [0, 0.1) is 18.8 Å². The monoisotopic (exact) mass is 520 g/mol. The SMILES string of the molecule is C=CCC(CS(=O)c1ncc(C(F)(F)F)cn1)C1CC(=O)C(c2c(CC)cc(C)cc2CC)=C(O)C1. The summed E-state index contributed by atoms with van der Waals surface area (Å²) in [5.74, 6) is -0.685. The van der Waals surface area contributed by atoms with Crippen LogP contribution in [0.5, 0.6) is 0 Å². The van der Waals surface area contributed by atoms with Crippen molar-refractivity contribution in [1.29, 1.82) is 0 Å². The van der Waals surface area contributed by atoms with Gasteiger partial charge in [-0.1, -0.05) is 37.6 Å². The number of hydrogen-bond donors (Lipinski definition) is 1. The number of hydrogen-bond acceptors (Lipinski definition) is 5. The number of carbonyl (C=O) groups is 1. The van der Waals surface area contributed by atoms with Gasteiger partial charge in [0.15, 0.2) is 5.78 Å². The standard InChI is InChI=1S/C27H31F3N2O3S/c1-5-8-19(15-36(35)26-31-13-21(14-32-26)27(28,29)30)20-11-22(33)25(23(34)12-20)24-17(6-2)9-16(4)10-18(24)7-3/h5,9-10,13-14,19-20,33H,1,6-8,11-12,15H2,2-4H3. The summed E-state index contributed by atoms with van der Waals surface area (Å²) in [6.07, 6.45) is 0.595. The van der Waals surface area contributed by atoms with Gasteiger partial charge in [0.05, 0.1) is 21.9 Å². The molecule has 3 unspecified atom stereocenters. The van der Waals surface area contributed by atoms with E-state index in [1.807, 2.05) is 32.9 Å². The van der Waals surface area contributed by atoms with Gasteiger partial charge in [-0.25, -0.2) is 9.97 Å². The maximum atomic E-state index is 13.4. The molecule has 2 aromatic rings. The molecule has 0 radical (unpaired) electrons. The number of carbonyl (C=O) groups excluding carboxylic acids is 1. The number of aliphatic hydroxyl groups is 1. The summed E-state index contributed by atoms with van der Waals surface area (Å²) < 4.78 is 51.3. The van der Waals surface area contributed by atoms with Crippen LogP contribution in [0.2, 0.25) is 0 Å². The molecule has 1 aromatic carbocycles. The Bertz CT molecular complexity index is 1160. The number of aryl methyl sites for hydroxylation is 3. The number of Topliss-reactive ketones (excluding diaryl/α,β-unsaturated/α-hetero) is 1. The Morgan fingerprint density at radius 1 is 1.17 bits per heavy atom. The molecule has 0 aliphatic heterocycles. The first kappa shape index (κ1) is 27.8. The van der Waals surface area contributed by atoms with Gasteiger partial charge in [0.25, 0.3) is 0 Å². The molecule has 9 heteroatoms. The first-order chi connectivity index (χ1) is 17.0. The van der Waals surface area contributed by atoms with E-state index < -0.39 is 22.5 Å². The van der Waals surface area contributed by atoms with Gasteiger partial charge in [-0.15, -0.1) is 6.58 Å². The number of aliphatic hydroxyl groups excluding tert-OH is 1. The van der Waals surface area contributed by atoms with Crippen LogP contribution in [-0.4, -0.2) is 30.8 Å². The molecular weight excluding hydrogens is 489 g/mol. The smallest absolute Gasteiger partial charge is 0.419 e. The van der Waals surface area contributed by atoms with E-state index in [0.29, 0.717) is 24.4 Å². The van der Waals surface area contributed by atoms with E-state index in [1.54, 1.807) is 6.08 Å². The molecule has 1 aliphatic carbocycles. The zero-order chi connectivity index (χ0) is 26.6. The topological polar surface area (TPSA) is 80.2 Å². The molecule has 0 saturated heterocycles. The van der Waals surface area contributed by atoms with Crippen LogP contribution < -0.4 is 0 Å². The lowest BCUT2D eigenvalue weighted by atomic mass is 9.75. The molecule has 1 aromatic heterocycles. The van der Waals surface area contributed by atoms with Crippen LogP contribution in [0.15, 0.2) is 48.1 Å². The minimum Gasteiger partial charge on any atom is -0.512 e. The second kappa shape index (κ2) is 11.5. The second-order valence-electron chi connectivity index (χ2n) is 9.13. The van der Waals surface area contributed by atoms with E-state index in [1.165, 1.54) is 0 Å². The number of alkyl halides is 3. The minimum atomic E-state index is -4.58. The fourth-order valence-corrected chi connectivity index (χ4v) is 6.11. The number of allylic oxidation sites excluding steroid dienone is 3. The third-order valence-corrected chi connectivity index (χ3v) is 7.94. The van der Waals surface area contributed by atoms with Gasteiger partial charge in [0.2, 0.25) is 5.16 Å². The highest BCUT2D eigenvalue weighted by molar-refractivity contribution is 7.84. The molecule has 3 atom stereocenters. The molecule has 0 fully saturated rings. The van der Waals surface area contributed by atoms with Crippen LogP contribution in [0.25, 0.3) is 5.57 Å². The molecule has 3 rings (SSSR count). The van der Waals surface area contributed by atoms with Crippen molar-refractivity contribution in [3.8, 4) is 0 Å². The third kappa shape index (κ3) is 6.11. The predicted molar refractivity (Wildman–Crippen MR) is 134 cm³/mol. The van der Waals surface area contributed by atoms with Gasteiger partial charge in [-0.05, 0) is 54.7 Å². The average Bonchev–Trinajstić information content (AvgIpc) is 2.83. The van der Waals surface area contributed by atoms with Gasteiger partial charge in [-0.2, -0.15) is 13.2 Å². The number of nitrogens with zero attached hydrogens (tertiary/aromatic N) is 2. The van der Waals surface area contributed by atoms with E-state index in [0.717, 1.165) is 35.1 Å². The van der Waals surface area contributed by atoms with Gasteiger partial charge >= 0.3 is 6.18 Å². The number of halogens is 3. The maximum Gasteiger partial charge on any atom is 0.419 e. The molecule has 0 bridgehead atoms. The molecule has 1 heterocycles. The van der Waals surface area contributed by atoms with Crippen LogP contribution in [0.4, 0.5) is 13.2 Å². The lowest BCUT2D eigenvalue weighted by Crippen LogP contribution is -2.29. The summed E-state index contributed by atoms with van der Waals surface area (Å²) in [5, 5.41) is 10.9. The van der Waals surface area contributed by atoms with Gasteiger partial charge in [0.1, 0.15) is 5.76 Å². The first-order valence-electron chi connectivity index (χ1n) is 12.0. The maximum absolute atomic E-state index is 13.4. The second-order valence-corrected chi connectivity index (χ2v) is 10.5. The fraction of sp³-hybridized carbons (Fsp3) is 0.444. The van der Waals surface area contributed by atoms with Crippen molar-refractivity contribution in [1.82, 2.24) is 9.97 Å². The first-order valence-corrected chi connectivity index (χ1v) is 13.3. The van der Waals surface area contributed by atoms with Crippen LogP contribution in [0.1, 0.15) is 60.9 Å². The molecule has 0 spiro atoms. The Morgan fingerprint density at radius 2 is 1.75 bits per heavy atom. The van der Waals surface area contributed by atoms with Crippen molar-refractivity contribution in [2.45, 2.75) is 64.2 Å². The van der Waals surface area contributed by atoms with Crippen molar-refractivity contribution >= 4 is 22.2 Å². The number of ketones is 1. The highest BCUT2D eigenvalue weighted by Crippen LogP contribution is 2.40. The lowest BCUT2D eigenvalue weighted by molar-refractivity contribution is -0.138. The number of rotatable bonds is 9. The lowest BCUT2D eigenvalue weighted by Gasteiger charge is -2.31. The number of aromatic nitrogens is 2. The van der Waals surface area contributed by atoms with Crippen LogP contribution in [0.3, 0.4) is 0 Å². The summed E-state index contributed by atoms with van der Waals surface area (Å²) in [7, 11) is -1.78. The van der Waals surface area contributed by atoms with E-state index >= 15 is 0 Å². The number of benzene rings is 1. The molecule has 194 valence electrons. The van der Waals surface area contributed by atoms with E-state index in [4.69, 9.17) is 0 Å². The molecule has 1 aliphatic rings. The minimum absolute atomic E-state index is 0.0233. The zero-order valence-corrected chi connectivity index (χ0v) is 21.5. The Balaban J connectivity index is 1.87. The van der Waals surface area contributed by atoms with E-state index in [2.05, 4.69) is 16.5 Å². The van der Waals surface area contributed by atoms with Crippen LogP contribution in [-0.2, 0) is 34.6 Å². The summed E-state index contributed by atoms with van der Waals surface area (Å²) in [6, 6.07) is 4.09. The van der Waals surface area contributed by atoms with Crippen molar-refractivity contribution in [2.75, 3.05) is 5.75 Å². The Hall–Kier alpha value is -2.81. The van der Waals surface area contributed by atoms with Crippen molar-refractivity contribution < 1.29 is 27.3 Å². The zero-order valence-electron chi connectivity index (χ0n) is 20.7. The largest absolute Gasteiger partial charge is 0.512 e. The summed E-state index contributed by atoms with van der Waals surface area (Å²) >= 11 is 0. The Kier molecular flexibility index (Phi) is 8.87. The summed E-state index contributed by atoms with van der Waals surface area (Å²) in [4.78, 5) is 20.7. The van der Waals surface area contributed by atoms with Gasteiger partial charge in [-0.3, -0.25) is 9.00 Å². The summed E-state index contributed by atoms with van der Waals surface area (Å²) in [6.45, 7) is 9.80. The molecule has 0 amide bonds. The van der Waals surface area contributed by atoms with Crippen molar-refractivity contribution in [2.24, 2.45) is 11.8 Å². The quantitative estimate of drug-likeness (QED) is 0.316. The van der Waals surface area contributed by atoms with Gasteiger partial charge in [0, 0.05) is 31.0 Å². The Labute approximate surface area is 212 Å². The molecule has 5 nitrogen and oxygen atoms in total. The summed E-state index contributed by atoms with van der Waals surface area (Å²) in [5.41, 5.74) is 3.30. The van der Waals surface area contributed by atoms with Crippen molar-refractivity contribution in [3.63, 3.8) is 0 Å². The molecular formula is C27H31F3N2O3S.